The van der Waals surface area contributed by atoms with Gasteiger partial charge in [-0.25, -0.2) is 0 Å². The Morgan fingerprint density at radius 1 is 1.00 bits per heavy atom. The summed E-state index contributed by atoms with van der Waals surface area (Å²) in [6.45, 7) is 6.37. The second kappa shape index (κ2) is 9.64. The van der Waals surface area contributed by atoms with Crippen molar-refractivity contribution in [3.8, 4) is 0 Å². The van der Waals surface area contributed by atoms with Crippen molar-refractivity contribution in [1.29, 1.82) is 0 Å². The molecule has 1 saturated heterocycles. The molecule has 0 bridgehead atoms. The normalized spacial score (nSPS) is 16.3. The Morgan fingerprint density at radius 3 is 2.08 bits per heavy atom. The molecule has 1 aliphatic rings. The van der Waals surface area contributed by atoms with Crippen LogP contribution < -0.4 is 5.73 Å². The molecule has 1 fully saturated rings. The van der Waals surface area contributed by atoms with Gasteiger partial charge in [0.15, 0.2) is 0 Å². The van der Waals surface area contributed by atoms with Gasteiger partial charge < -0.3 is 15.5 Å². The highest BCUT2D eigenvalue weighted by Gasteiger charge is 2.26. The molecular formula is C18H28ClN3O2. The van der Waals surface area contributed by atoms with E-state index in [0.717, 1.165) is 12.0 Å². The molecule has 6 heteroatoms. The third-order valence-electron chi connectivity index (χ3n) is 4.23. The van der Waals surface area contributed by atoms with Crippen LogP contribution in [0.25, 0.3) is 0 Å². The fraction of sp³-hybridized carbons (Fsp3) is 0.556. The summed E-state index contributed by atoms with van der Waals surface area (Å²) in [6, 6.07) is 9.30. The highest BCUT2D eigenvalue weighted by atomic mass is 35.5. The summed E-state index contributed by atoms with van der Waals surface area (Å²) in [4.78, 5) is 28.3. The van der Waals surface area contributed by atoms with Crippen LogP contribution in [-0.4, -0.2) is 53.8 Å². The van der Waals surface area contributed by atoms with E-state index in [9.17, 15) is 9.59 Å². The number of hydrogen-bond donors (Lipinski definition) is 1. The highest BCUT2D eigenvalue weighted by Crippen LogP contribution is 2.10. The zero-order valence-electron chi connectivity index (χ0n) is 14.5. The van der Waals surface area contributed by atoms with Gasteiger partial charge in [-0.3, -0.25) is 9.59 Å². The number of nitrogens with two attached hydrogens (primary N) is 1. The van der Waals surface area contributed by atoms with Gasteiger partial charge in [-0.15, -0.1) is 12.4 Å². The molecular weight excluding hydrogens is 326 g/mol. The monoisotopic (exact) mass is 353 g/mol. The molecule has 24 heavy (non-hydrogen) atoms. The quantitative estimate of drug-likeness (QED) is 0.895. The Balaban J connectivity index is 0.00000288. The van der Waals surface area contributed by atoms with E-state index in [0.29, 0.717) is 32.6 Å². The smallest absolute Gasteiger partial charge is 0.239 e. The molecule has 0 spiro atoms. The number of carbonyl (C=O) groups is 2. The van der Waals surface area contributed by atoms with Gasteiger partial charge in [0.25, 0.3) is 0 Å². The van der Waals surface area contributed by atoms with Crippen molar-refractivity contribution in [2.45, 2.75) is 32.7 Å². The average Bonchev–Trinajstić information content (AvgIpc) is 2.80. The van der Waals surface area contributed by atoms with Gasteiger partial charge >= 0.3 is 0 Å². The van der Waals surface area contributed by atoms with E-state index in [2.05, 4.69) is 0 Å². The zero-order valence-corrected chi connectivity index (χ0v) is 15.3. The van der Waals surface area contributed by atoms with Gasteiger partial charge in [0.2, 0.25) is 11.8 Å². The first-order valence-electron chi connectivity index (χ1n) is 8.36. The first-order valence-corrected chi connectivity index (χ1v) is 8.36. The molecule has 1 aromatic carbocycles. The van der Waals surface area contributed by atoms with Gasteiger partial charge in [-0.2, -0.15) is 0 Å². The maximum atomic E-state index is 12.6. The van der Waals surface area contributed by atoms with Crippen LogP contribution in [0.5, 0.6) is 0 Å². The second-order valence-corrected chi connectivity index (χ2v) is 6.46. The van der Waals surface area contributed by atoms with Crippen molar-refractivity contribution in [3.63, 3.8) is 0 Å². The Bertz CT molecular complexity index is 536. The van der Waals surface area contributed by atoms with Crippen molar-refractivity contribution < 1.29 is 9.59 Å². The first kappa shape index (κ1) is 20.5. The first-order chi connectivity index (χ1) is 11.0. The van der Waals surface area contributed by atoms with E-state index in [4.69, 9.17) is 5.73 Å². The van der Waals surface area contributed by atoms with E-state index >= 15 is 0 Å². The molecule has 1 aliphatic heterocycles. The molecule has 0 aromatic heterocycles. The van der Waals surface area contributed by atoms with Gasteiger partial charge in [-0.05, 0) is 18.4 Å². The molecule has 2 N–H and O–H groups in total. The molecule has 1 atom stereocenters. The minimum absolute atomic E-state index is 0. The summed E-state index contributed by atoms with van der Waals surface area (Å²) < 4.78 is 0. The van der Waals surface area contributed by atoms with Crippen LogP contribution in [0.3, 0.4) is 0 Å². The molecule has 0 radical (unpaired) electrons. The molecule has 134 valence electrons. The van der Waals surface area contributed by atoms with Crippen molar-refractivity contribution in [2.75, 3.05) is 26.2 Å². The van der Waals surface area contributed by atoms with Gasteiger partial charge in [-0.1, -0.05) is 44.2 Å². The number of carbonyl (C=O) groups excluding carboxylic acids is 2. The molecule has 1 aromatic rings. The van der Waals surface area contributed by atoms with Crippen LogP contribution >= 0.6 is 12.4 Å². The summed E-state index contributed by atoms with van der Waals surface area (Å²) in [7, 11) is 0. The van der Waals surface area contributed by atoms with Crippen LogP contribution in [0.2, 0.25) is 0 Å². The Morgan fingerprint density at radius 2 is 1.54 bits per heavy atom. The van der Waals surface area contributed by atoms with E-state index in [-0.39, 0.29) is 30.1 Å². The lowest BCUT2D eigenvalue weighted by molar-refractivity contribution is -0.136. The number of halogens is 1. The topological polar surface area (TPSA) is 66.6 Å². The summed E-state index contributed by atoms with van der Waals surface area (Å²) >= 11 is 0. The standard InChI is InChI=1S/C18H27N3O2.ClH/c1-14(2)17(22)20-9-6-10-21(12-11-20)18(23)16(19)13-15-7-4-3-5-8-15;/h3-5,7-8,14,16H,6,9-13,19H2,1-2H3;1H/t16-;/m0./s1. The SMILES string of the molecule is CC(C)C(=O)N1CCCN(C(=O)[C@@H](N)Cc2ccccc2)CC1.Cl. The predicted octanol–water partition coefficient (Wildman–Crippen LogP) is 1.70. The largest absolute Gasteiger partial charge is 0.341 e. The minimum Gasteiger partial charge on any atom is -0.341 e. The van der Waals surface area contributed by atoms with E-state index in [1.165, 1.54) is 0 Å². The third kappa shape index (κ3) is 5.49. The van der Waals surface area contributed by atoms with E-state index < -0.39 is 6.04 Å². The Kier molecular flexibility index (Phi) is 8.22. The van der Waals surface area contributed by atoms with Gasteiger partial charge in [0.1, 0.15) is 0 Å². The maximum absolute atomic E-state index is 12.6. The molecule has 1 heterocycles. The fourth-order valence-corrected chi connectivity index (χ4v) is 2.91. The summed E-state index contributed by atoms with van der Waals surface area (Å²) in [5, 5.41) is 0. The number of amides is 2. The van der Waals surface area contributed by atoms with Crippen molar-refractivity contribution in [3.05, 3.63) is 35.9 Å². The number of rotatable bonds is 4. The van der Waals surface area contributed by atoms with Gasteiger partial charge in [0.05, 0.1) is 6.04 Å². The fourth-order valence-electron chi connectivity index (χ4n) is 2.91. The van der Waals surface area contributed by atoms with Crippen LogP contribution in [-0.2, 0) is 16.0 Å². The van der Waals surface area contributed by atoms with Crippen LogP contribution in [0.15, 0.2) is 30.3 Å². The Hall–Kier alpha value is -1.59. The molecule has 5 nitrogen and oxygen atoms in total. The average molecular weight is 354 g/mol. The maximum Gasteiger partial charge on any atom is 0.239 e. The second-order valence-electron chi connectivity index (χ2n) is 6.46. The van der Waals surface area contributed by atoms with E-state index in [1.807, 2.05) is 49.1 Å². The van der Waals surface area contributed by atoms with Crippen molar-refractivity contribution >= 4 is 24.2 Å². The highest BCUT2D eigenvalue weighted by molar-refractivity contribution is 5.85. The third-order valence-corrected chi connectivity index (χ3v) is 4.23. The molecule has 0 aliphatic carbocycles. The number of benzene rings is 1. The number of hydrogen-bond acceptors (Lipinski definition) is 3. The van der Waals surface area contributed by atoms with Gasteiger partial charge in [0, 0.05) is 32.1 Å². The Labute approximate surface area is 150 Å². The molecule has 2 rings (SSSR count). The lowest BCUT2D eigenvalue weighted by atomic mass is 10.1. The minimum atomic E-state index is -0.523. The van der Waals surface area contributed by atoms with Crippen LogP contribution in [0, 0.1) is 5.92 Å². The molecule has 0 unspecified atom stereocenters. The van der Waals surface area contributed by atoms with E-state index in [1.54, 1.807) is 4.90 Å². The summed E-state index contributed by atoms with van der Waals surface area (Å²) in [5.74, 6) is 0.137. The molecule has 2 amide bonds. The van der Waals surface area contributed by atoms with Crippen molar-refractivity contribution in [2.24, 2.45) is 11.7 Å². The number of nitrogens with zero attached hydrogens (tertiary/aromatic N) is 2. The molecule has 0 saturated carbocycles. The summed E-state index contributed by atoms with van der Waals surface area (Å²) in [6.07, 6.45) is 1.35. The lowest BCUT2D eigenvalue weighted by Gasteiger charge is -2.25. The summed E-state index contributed by atoms with van der Waals surface area (Å²) in [5.41, 5.74) is 7.17. The van der Waals surface area contributed by atoms with Crippen LogP contribution in [0.1, 0.15) is 25.8 Å². The zero-order chi connectivity index (χ0) is 16.8. The van der Waals surface area contributed by atoms with Crippen molar-refractivity contribution in [1.82, 2.24) is 9.80 Å². The lowest BCUT2D eigenvalue weighted by Crippen LogP contribution is -2.46. The van der Waals surface area contributed by atoms with Crippen LogP contribution in [0.4, 0.5) is 0 Å². The predicted molar refractivity (Wildman–Crippen MR) is 98.0 cm³/mol.